The van der Waals surface area contributed by atoms with Gasteiger partial charge >= 0.3 is 6.18 Å². The molecule has 0 aliphatic carbocycles. The molecule has 0 heterocycles. The molecule has 162 valence electrons. The largest absolute Gasteiger partial charge is 0.405 e. The maximum Gasteiger partial charge on any atom is 0.405 e. The number of hydrogen-bond acceptors (Lipinski definition) is 3. The Balaban J connectivity index is 2.05. The zero-order valence-electron chi connectivity index (χ0n) is 16.8. The fourth-order valence-electron chi connectivity index (χ4n) is 2.63. The minimum Gasteiger partial charge on any atom is -0.376 e. The van der Waals surface area contributed by atoms with Crippen LogP contribution in [0.15, 0.2) is 36.4 Å². The number of nitrogens with one attached hydrogen (secondary N) is 3. The molecule has 0 radical (unpaired) electrons. The summed E-state index contributed by atoms with van der Waals surface area (Å²) in [5, 5.41) is 7.13. The van der Waals surface area contributed by atoms with E-state index in [0.717, 1.165) is 11.6 Å². The maximum absolute atomic E-state index is 14.1. The maximum atomic E-state index is 14.1. The number of anilines is 2. The van der Waals surface area contributed by atoms with E-state index < -0.39 is 30.4 Å². The topological polar surface area (TPSA) is 70.2 Å². The first kappa shape index (κ1) is 23.2. The van der Waals surface area contributed by atoms with Crippen LogP contribution < -0.4 is 16.0 Å². The van der Waals surface area contributed by atoms with Crippen molar-refractivity contribution in [2.45, 2.75) is 32.9 Å². The first-order valence-electron chi connectivity index (χ1n) is 9.25. The Morgan fingerprint density at radius 2 is 1.80 bits per heavy atom. The summed E-state index contributed by atoms with van der Waals surface area (Å²) in [7, 11) is 0. The summed E-state index contributed by atoms with van der Waals surface area (Å²) < 4.78 is 50.9. The third-order valence-electron chi connectivity index (χ3n) is 4.33. The van der Waals surface area contributed by atoms with E-state index in [1.807, 2.05) is 32.0 Å². The van der Waals surface area contributed by atoms with Gasteiger partial charge in [-0.15, -0.1) is 0 Å². The molecular formula is C21H23F4N3O2. The van der Waals surface area contributed by atoms with Gasteiger partial charge in [-0.05, 0) is 42.7 Å². The summed E-state index contributed by atoms with van der Waals surface area (Å²) in [6.07, 6.45) is -4.58. The second-order valence-electron chi connectivity index (χ2n) is 7.11. The molecule has 0 unspecified atom stereocenters. The molecule has 0 saturated carbocycles. The van der Waals surface area contributed by atoms with Gasteiger partial charge in [-0.25, -0.2) is 4.39 Å². The van der Waals surface area contributed by atoms with Crippen LogP contribution in [0.25, 0.3) is 0 Å². The van der Waals surface area contributed by atoms with E-state index in [4.69, 9.17) is 0 Å². The van der Waals surface area contributed by atoms with E-state index in [-0.39, 0.29) is 29.3 Å². The molecule has 30 heavy (non-hydrogen) atoms. The number of rotatable bonds is 7. The van der Waals surface area contributed by atoms with Gasteiger partial charge in [0, 0.05) is 22.5 Å². The van der Waals surface area contributed by atoms with Crippen LogP contribution in [0.4, 0.5) is 28.9 Å². The Morgan fingerprint density at radius 3 is 2.43 bits per heavy atom. The number of carbonyl (C=O) groups excluding carboxylic acids is 2. The van der Waals surface area contributed by atoms with Gasteiger partial charge in [-0.3, -0.25) is 9.59 Å². The Bertz CT molecular complexity index is 927. The minimum absolute atomic E-state index is 0.136. The van der Waals surface area contributed by atoms with Crippen LogP contribution in [0.1, 0.15) is 41.3 Å². The predicted octanol–water partition coefficient (Wildman–Crippen LogP) is 4.60. The Morgan fingerprint density at radius 1 is 1.10 bits per heavy atom. The van der Waals surface area contributed by atoms with Crippen molar-refractivity contribution in [3.8, 4) is 0 Å². The zero-order chi connectivity index (χ0) is 22.5. The van der Waals surface area contributed by atoms with Gasteiger partial charge in [0.05, 0.1) is 6.54 Å². The predicted molar refractivity (Wildman–Crippen MR) is 107 cm³/mol. The summed E-state index contributed by atoms with van der Waals surface area (Å²) >= 11 is 0. The van der Waals surface area contributed by atoms with Gasteiger partial charge in [-0.1, -0.05) is 26.0 Å². The smallest absolute Gasteiger partial charge is 0.376 e. The molecule has 2 rings (SSSR count). The molecule has 3 N–H and O–H groups in total. The van der Waals surface area contributed by atoms with E-state index in [1.165, 1.54) is 13.0 Å². The van der Waals surface area contributed by atoms with Crippen LogP contribution in [-0.4, -0.2) is 31.1 Å². The molecule has 5 nitrogen and oxygen atoms in total. The lowest BCUT2D eigenvalue weighted by Gasteiger charge is -2.14. The number of benzene rings is 2. The summed E-state index contributed by atoms with van der Waals surface area (Å²) in [6, 6.07) is 9.40. The second kappa shape index (κ2) is 9.60. The van der Waals surface area contributed by atoms with Crippen LogP contribution in [0.5, 0.6) is 0 Å². The van der Waals surface area contributed by atoms with E-state index in [0.29, 0.717) is 5.69 Å². The molecule has 2 amide bonds. The molecule has 0 spiro atoms. The molecule has 0 fully saturated rings. The monoisotopic (exact) mass is 425 g/mol. The molecule has 2 aromatic carbocycles. The van der Waals surface area contributed by atoms with Crippen molar-refractivity contribution in [3.05, 3.63) is 58.9 Å². The van der Waals surface area contributed by atoms with Crippen LogP contribution in [0, 0.1) is 12.7 Å². The molecule has 0 saturated heterocycles. The first-order valence-corrected chi connectivity index (χ1v) is 9.25. The average Bonchev–Trinajstić information content (AvgIpc) is 2.66. The van der Waals surface area contributed by atoms with Crippen molar-refractivity contribution < 1.29 is 27.2 Å². The second-order valence-corrected chi connectivity index (χ2v) is 7.11. The van der Waals surface area contributed by atoms with Crippen molar-refractivity contribution >= 4 is 23.2 Å². The highest BCUT2D eigenvalue weighted by Gasteiger charge is 2.28. The number of halogens is 4. The van der Waals surface area contributed by atoms with Crippen molar-refractivity contribution in [1.29, 1.82) is 0 Å². The third-order valence-corrected chi connectivity index (χ3v) is 4.33. The minimum atomic E-state index is -4.58. The standard InChI is InChI=1S/C21H23F4N3O2/c1-12(2)14-5-4-6-16(7-14)28-19(29)10-26-18-9-15(8-17(22)13(18)3)20(30)27-11-21(23,24)25/h4-9,12,26H,10-11H2,1-3H3,(H,27,30)(H,28,29). The van der Waals surface area contributed by atoms with Crippen LogP contribution in [0.2, 0.25) is 0 Å². The van der Waals surface area contributed by atoms with Gasteiger partial charge in [0.2, 0.25) is 5.91 Å². The van der Waals surface area contributed by atoms with Crippen molar-refractivity contribution in [2.24, 2.45) is 0 Å². The Hall–Kier alpha value is -3.10. The molecule has 0 aromatic heterocycles. The number of carbonyl (C=O) groups is 2. The van der Waals surface area contributed by atoms with E-state index in [9.17, 15) is 27.2 Å². The molecule has 9 heteroatoms. The third kappa shape index (κ3) is 6.75. The Labute approximate surface area is 171 Å². The fraction of sp³-hybridized carbons (Fsp3) is 0.333. The van der Waals surface area contributed by atoms with E-state index in [1.54, 1.807) is 11.4 Å². The molecule has 0 atom stereocenters. The zero-order valence-corrected chi connectivity index (χ0v) is 16.8. The van der Waals surface area contributed by atoms with Crippen molar-refractivity contribution in [2.75, 3.05) is 23.7 Å². The SMILES string of the molecule is Cc1c(F)cc(C(=O)NCC(F)(F)F)cc1NCC(=O)Nc1cccc(C(C)C)c1. The lowest BCUT2D eigenvalue weighted by atomic mass is 10.0. The summed E-state index contributed by atoms with van der Waals surface area (Å²) in [5.41, 5.74) is 1.65. The van der Waals surface area contributed by atoms with Gasteiger partial charge < -0.3 is 16.0 Å². The van der Waals surface area contributed by atoms with Crippen LogP contribution in [0.3, 0.4) is 0 Å². The van der Waals surface area contributed by atoms with Crippen molar-refractivity contribution in [1.82, 2.24) is 5.32 Å². The van der Waals surface area contributed by atoms with E-state index in [2.05, 4.69) is 10.6 Å². The van der Waals surface area contributed by atoms with Gasteiger partial charge in [0.25, 0.3) is 5.91 Å². The molecular weight excluding hydrogens is 402 g/mol. The summed E-state index contributed by atoms with van der Waals surface area (Å²) in [5.74, 6) is -1.95. The van der Waals surface area contributed by atoms with Crippen molar-refractivity contribution in [3.63, 3.8) is 0 Å². The lowest BCUT2D eigenvalue weighted by Crippen LogP contribution is -2.33. The average molecular weight is 425 g/mol. The summed E-state index contributed by atoms with van der Waals surface area (Å²) in [4.78, 5) is 24.1. The molecule has 0 bridgehead atoms. The number of amides is 2. The van der Waals surface area contributed by atoms with Gasteiger partial charge in [-0.2, -0.15) is 13.2 Å². The molecule has 2 aromatic rings. The lowest BCUT2D eigenvalue weighted by molar-refractivity contribution is -0.123. The quantitative estimate of drug-likeness (QED) is 0.568. The normalized spacial score (nSPS) is 11.3. The molecule has 0 aliphatic heterocycles. The van der Waals surface area contributed by atoms with Gasteiger partial charge in [0.15, 0.2) is 0 Å². The first-order chi connectivity index (χ1) is 14.0. The summed E-state index contributed by atoms with van der Waals surface area (Å²) in [6.45, 7) is 3.73. The van der Waals surface area contributed by atoms with Gasteiger partial charge in [0.1, 0.15) is 12.4 Å². The highest BCUT2D eigenvalue weighted by atomic mass is 19.4. The highest BCUT2D eigenvalue weighted by molar-refractivity contribution is 5.96. The van der Waals surface area contributed by atoms with Crippen LogP contribution in [-0.2, 0) is 4.79 Å². The fourth-order valence-corrected chi connectivity index (χ4v) is 2.63. The van der Waals surface area contributed by atoms with E-state index >= 15 is 0 Å². The van der Waals surface area contributed by atoms with Crippen LogP contribution >= 0.6 is 0 Å². The highest BCUT2D eigenvalue weighted by Crippen LogP contribution is 2.22. The molecule has 0 aliphatic rings. The Kier molecular flexibility index (Phi) is 7.42. The number of alkyl halides is 3. The number of hydrogen-bond donors (Lipinski definition) is 3.